The molecule has 0 unspecified atom stereocenters. The van der Waals surface area contributed by atoms with E-state index in [-0.39, 0.29) is 4.75 Å². The Bertz CT molecular complexity index is 288. The number of hydrogen-bond acceptors (Lipinski definition) is 4. The van der Waals surface area contributed by atoms with Gasteiger partial charge < -0.3 is 10.2 Å². The van der Waals surface area contributed by atoms with Crippen molar-refractivity contribution in [3.05, 3.63) is 0 Å². The number of amides is 1. The Morgan fingerprint density at radius 3 is 2.89 bits per heavy atom. The van der Waals surface area contributed by atoms with Crippen molar-refractivity contribution < 1.29 is 4.79 Å². The summed E-state index contributed by atoms with van der Waals surface area (Å²) in [6.45, 7) is 11.0. The molecule has 104 valence electrons. The maximum Gasteiger partial charge on any atom is 0.236 e. The molecule has 0 spiro atoms. The lowest BCUT2D eigenvalue weighted by atomic mass is 10.2. The Morgan fingerprint density at radius 2 is 2.11 bits per heavy atom. The van der Waals surface area contributed by atoms with Crippen molar-refractivity contribution >= 4 is 17.7 Å². The Balaban J connectivity index is 1.83. The first-order chi connectivity index (χ1) is 8.57. The molecule has 2 fully saturated rings. The lowest BCUT2D eigenvalue weighted by Gasteiger charge is -2.38. The average molecular weight is 271 g/mol. The summed E-state index contributed by atoms with van der Waals surface area (Å²) in [5.74, 6) is 1.38. The van der Waals surface area contributed by atoms with Gasteiger partial charge in [-0.05, 0) is 33.4 Å². The molecule has 18 heavy (non-hydrogen) atoms. The molecule has 2 heterocycles. The first kappa shape index (κ1) is 14.2. The van der Waals surface area contributed by atoms with Gasteiger partial charge >= 0.3 is 0 Å². The highest BCUT2D eigenvalue weighted by molar-refractivity contribution is 8.00. The summed E-state index contributed by atoms with van der Waals surface area (Å²) in [7, 11) is 0. The fourth-order valence-electron chi connectivity index (χ4n) is 2.58. The highest BCUT2D eigenvalue weighted by Crippen LogP contribution is 2.29. The summed E-state index contributed by atoms with van der Waals surface area (Å²) < 4.78 is 0.217. The van der Waals surface area contributed by atoms with Gasteiger partial charge in [0.25, 0.3) is 0 Å². The number of thioether (sulfide) groups is 1. The molecular weight excluding hydrogens is 246 g/mol. The summed E-state index contributed by atoms with van der Waals surface area (Å²) >= 11 is 1.97. The third-order valence-corrected chi connectivity index (χ3v) is 4.87. The molecule has 0 aliphatic carbocycles. The normalized spacial score (nSPS) is 25.8. The molecule has 2 rings (SSSR count). The van der Waals surface area contributed by atoms with Crippen molar-refractivity contribution in [2.75, 3.05) is 51.6 Å². The molecule has 0 aromatic heterocycles. The zero-order chi connectivity index (χ0) is 13.0. The molecule has 4 nitrogen and oxygen atoms in total. The van der Waals surface area contributed by atoms with Crippen molar-refractivity contribution in [2.45, 2.75) is 25.0 Å². The van der Waals surface area contributed by atoms with Gasteiger partial charge in [-0.1, -0.05) is 0 Å². The zero-order valence-electron chi connectivity index (χ0n) is 11.6. The van der Waals surface area contributed by atoms with Crippen LogP contribution in [0.5, 0.6) is 0 Å². The second-order valence-electron chi connectivity index (χ2n) is 5.80. The zero-order valence-corrected chi connectivity index (χ0v) is 12.4. The molecule has 0 atom stereocenters. The minimum absolute atomic E-state index is 0.217. The standard InChI is InChI=1S/C13H25N3OS/c1-13(2)11-16(8-9-18-13)12(17)10-15-6-3-4-14-5-7-15/h14H,3-11H2,1-2H3. The van der Waals surface area contributed by atoms with Gasteiger partial charge in [-0.2, -0.15) is 11.8 Å². The van der Waals surface area contributed by atoms with Gasteiger partial charge in [0.2, 0.25) is 5.91 Å². The van der Waals surface area contributed by atoms with E-state index in [2.05, 4.69) is 29.0 Å². The SMILES string of the molecule is CC1(C)CN(C(=O)CN2CCCNCC2)CCS1. The van der Waals surface area contributed by atoms with Crippen LogP contribution in [0, 0.1) is 0 Å². The molecule has 1 N–H and O–H groups in total. The highest BCUT2D eigenvalue weighted by Gasteiger charge is 2.30. The summed E-state index contributed by atoms with van der Waals surface area (Å²) in [6, 6.07) is 0. The topological polar surface area (TPSA) is 35.6 Å². The van der Waals surface area contributed by atoms with Crippen LogP contribution in [0.2, 0.25) is 0 Å². The maximum atomic E-state index is 12.3. The Morgan fingerprint density at radius 1 is 1.28 bits per heavy atom. The van der Waals surface area contributed by atoms with Crippen LogP contribution in [0.25, 0.3) is 0 Å². The lowest BCUT2D eigenvalue weighted by Crippen LogP contribution is -2.49. The van der Waals surface area contributed by atoms with Crippen LogP contribution in [0.1, 0.15) is 20.3 Å². The van der Waals surface area contributed by atoms with Crippen molar-refractivity contribution in [2.24, 2.45) is 0 Å². The first-order valence-corrected chi connectivity index (χ1v) is 7.90. The molecule has 2 aliphatic heterocycles. The van der Waals surface area contributed by atoms with Crippen LogP contribution in [0.15, 0.2) is 0 Å². The van der Waals surface area contributed by atoms with Crippen molar-refractivity contribution in [3.63, 3.8) is 0 Å². The molecule has 5 heteroatoms. The molecule has 1 amide bonds. The van der Waals surface area contributed by atoms with Gasteiger partial charge in [0.05, 0.1) is 6.54 Å². The molecule has 0 aromatic rings. The van der Waals surface area contributed by atoms with Crippen molar-refractivity contribution in [3.8, 4) is 0 Å². The maximum absolute atomic E-state index is 12.3. The van der Waals surface area contributed by atoms with Gasteiger partial charge in [-0.3, -0.25) is 9.69 Å². The molecule has 0 saturated carbocycles. The van der Waals surface area contributed by atoms with Gasteiger partial charge in [0, 0.05) is 36.7 Å². The number of nitrogens with zero attached hydrogens (tertiary/aromatic N) is 2. The third kappa shape index (κ3) is 4.14. The minimum Gasteiger partial charge on any atom is -0.339 e. The molecule has 0 aromatic carbocycles. The van der Waals surface area contributed by atoms with Crippen molar-refractivity contribution in [1.29, 1.82) is 0 Å². The quantitative estimate of drug-likeness (QED) is 0.799. The van der Waals surface area contributed by atoms with Crippen LogP contribution < -0.4 is 5.32 Å². The number of carbonyl (C=O) groups excluding carboxylic acids is 1. The molecule has 0 bridgehead atoms. The molecule has 2 saturated heterocycles. The van der Waals surface area contributed by atoms with Gasteiger partial charge in [-0.25, -0.2) is 0 Å². The van der Waals surface area contributed by atoms with E-state index in [9.17, 15) is 4.79 Å². The number of rotatable bonds is 2. The fourth-order valence-corrected chi connectivity index (χ4v) is 3.69. The predicted molar refractivity (Wildman–Crippen MR) is 77.0 cm³/mol. The summed E-state index contributed by atoms with van der Waals surface area (Å²) in [5, 5.41) is 3.37. The van der Waals surface area contributed by atoms with E-state index in [1.165, 1.54) is 0 Å². The van der Waals surface area contributed by atoms with Crippen LogP contribution in [-0.2, 0) is 4.79 Å². The van der Waals surface area contributed by atoms with Crippen LogP contribution >= 0.6 is 11.8 Å². The smallest absolute Gasteiger partial charge is 0.236 e. The van der Waals surface area contributed by atoms with Crippen molar-refractivity contribution in [1.82, 2.24) is 15.1 Å². The highest BCUT2D eigenvalue weighted by atomic mass is 32.2. The average Bonchev–Trinajstić information content (AvgIpc) is 2.56. The Kier molecular flexibility index (Phi) is 4.92. The third-order valence-electron chi connectivity index (χ3n) is 3.57. The van der Waals surface area contributed by atoms with E-state index in [1.54, 1.807) is 0 Å². The molecular formula is C13H25N3OS. The van der Waals surface area contributed by atoms with Gasteiger partial charge in [0.15, 0.2) is 0 Å². The Labute approximate surface area is 114 Å². The van der Waals surface area contributed by atoms with Gasteiger partial charge in [0.1, 0.15) is 0 Å². The van der Waals surface area contributed by atoms with E-state index in [0.29, 0.717) is 12.5 Å². The predicted octanol–water partition coefficient (Wildman–Crippen LogP) is 0.636. The summed E-state index contributed by atoms with van der Waals surface area (Å²) in [6.07, 6.45) is 1.15. The lowest BCUT2D eigenvalue weighted by molar-refractivity contribution is -0.132. The van der Waals surface area contributed by atoms with E-state index in [1.807, 2.05) is 11.8 Å². The second-order valence-corrected chi connectivity index (χ2v) is 7.61. The van der Waals surface area contributed by atoms with Crippen LogP contribution in [0.3, 0.4) is 0 Å². The molecule has 0 radical (unpaired) electrons. The fraction of sp³-hybridized carbons (Fsp3) is 0.923. The monoisotopic (exact) mass is 271 g/mol. The van der Waals surface area contributed by atoms with Crippen LogP contribution in [-0.4, -0.2) is 72.0 Å². The first-order valence-electron chi connectivity index (χ1n) is 6.92. The molecule has 2 aliphatic rings. The van der Waals surface area contributed by atoms with E-state index >= 15 is 0 Å². The number of carbonyl (C=O) groups is 1. The number of hydrogen-bond donors (Lipinski definition) is 1. The van der Waals surface area contributed by atoms with E-state index in [0.717, 1.165) is 51.4 Å². The largest absolute Gasteiger partial charge is 0.339 e. The second kappa shape index (κ2) is 6.26. The van der Waals surface area contributed by atoms with E-state index < -0.39 is 0 Å². The van der Waals surface area contributed by atoms with Gasteiger partial charge in [-0.15, -0.1) is 0 Å². The van der Waals surface area contributed by atoms with Crippen LogP contribution in [0.4, 0.5) is 0 Å². The number of nitrogens with one attached hydrogen (secondary N) is 1. The summed E-state index contributed by atoms with van der Waals surface area (Å²) in [4.78, 5) is 16.7. The Hall–Kier alpha value is -0.260. The minimum atomic E-state index is 0.217. The van der Waals surface area contributed by atoms with E-state index in [4.69, 9.17) is 0 Å². The summed E-state index contributed by atoms with van der Waals surface area (Å²) in [5.41, 5.74) is 0.